The fourth-order valence-electron chi connectivity index (χ4n) is 2.83. The van der Waals surface area contributed by atoms with Gasteiger partial charge in [0.15, 0.2) is 0 Å². The molecule has 0 saturated heterocycles. The molecule has 0 aliphatic heterocycles. The maximum atomic E-state index is 9.86. The third-order valence-corrected chi connectivity index (χ3v) is 3.93. The van der Waals surface area contributed by atoms with Crippen molar-refractivity contribution in [2.45, 2.75) is 39.4 Å². The summed E-state index contributed by atoms with van der Waals surface area (Å²) < 4.78 is 0. The van der Waals surface area contributed by atoms with Crippen LogP contribution in [0.2, 0.25) is 0 Å². The summed E-state index contributed by atoms with van der Waals surface area (Å²) in [6.45, 7) is 6.37. The molecule has 1 atom stereocenters. The van der Waals surface area contributed by atoms with Crippen molar-refractivity contribution in [3.05, 3.63) is 71.8 Å². The average molecular weight is 297 g/mol. The summed E-state index contributed by atoms with van der Waals surface area (Å²) >= 11 is 0. The van der Waals surface area contributed by atoms with E-state index in [1.807, 2.05) is 12.1 Å². The summed E-state index contributed by atoms with van der Waals surface area (Å²) in [5.41, 5.74) is 2.58. The van der Waals surface area contributed by atoms with Crippen LogP contribution in [-0.2, 0) is 13.1 Å². The van der Waals surface area contributed by atoms with Gasteiger partial charge in [-0.3, -0.25) is 4.90 Å². The molecule has 0 aliphatic rings. The lowest BCUT2D eigenvalue weighted by Crippen LogP contribution is -2.38. The zero-order valence-corrected chi connectivity index (χ0v) is 13.7. The maximum absolute atomic E-state index is 9.86. The van der Waals surface area contributed by atoms with E-state index in [4.69, 9.17) is 0 Å². The molecule has 0 bridgehead atoms. The maximum Gasteiger partial charge on any atom is 0.0587 e. The van der Waals surface area contributed by atoms with Gasteiger partial charge in [0.25, 0.3) is 0 Å². The molecule has 0 heterocycles. The molecule has 1 N–H and O–H groups in total. The topological polar surface area (TPSA) is 23.5 Å². The first-order valence-electron chi connectivity index (χ1n) is 8.11. The molecule has 0 spiro atoms. The molecule has 0 fully saturated rings. The van der Waals surface area contributed by atoms with Crippen molar-refractivity contribution in [3.8, 4) is 0 Å². The quantitative estimate of drug-likeness (QED) is 0.793. The van der Waals surface area contributed by atoms with Crippen molar-refractivity contribution < 1.29 is 5.11 Å². The molecule has 0 radical (unpaired) electrons. The van der Waals surface area contributed by atoms with Crippen LogP contribution in [0.4, 0.5) is 0 Å². The molecule has 22 heavy (non-hydrogen) atoms. The van der Waals surface area contributed by atoms with Gasteiger partial charge in [-0.25, -0.2) is 0 Å². The molecule has 0 aliphatic carbocycles. The van der Waals surface area contributed by atoms with Gasteiger partial charge in [0.05, 0.1) is 6.61 Å². The van der Waals surface area contributed by atoms with Crippen molar-refractivity contribution >= 4 is 0 Å². The molecular weight excluding hydrogens is 270 g/mol. The Morgan fingerprint density at radius 3 is 1.64 bits per heavy atom. The Labute approximate surface area is 134 Å². The molecule has 2 rings (SSSR count). The SMILES string of the molecule is CC(C)C[C@@H](CO)N(Cc1ccccc1)Cc1ccccc1. The van der Waals surface area contributed by atoms with Crippen molar-refractivity contribution in [1.82, 2.24) is 4.90 Å². The minimum atomic E-state index is 0.195. The fraction of sp³-hybridized carbons (Fsp3) is 0.400. The number of aliphatic hydroxyl groups excluding tert-OH is 1. The van der Waals surface area contributed by atoms with E-state index in [1.54, 1.807) is 0 Å². The van der Waals surface area contributed by atoms with Crippen LogP contribution in [0.15, 0.2) is 60.7 Å². The molecule has 2 heteroatoms. The highest BCUT2D eigenvalue weighted by molar-refractivity contribution is 5.17. The first kappa shape index (κ1) is 16.7. The number of rotatable bonds is 8. The second-order valence-electron chi connectivity index (χ2n) is 6.34. The van der Waals surface area contributed by atoms with Gasteiger partial charge >= 0.3 is 0 Å². The molecular formula is C20H27NO. The lowest BCUT2D eigenvalue weighted by Gasteiger charge is -2.32. The van der Waals surface area contributed by atoms with Gasteiger partial charge in [-0.2, -0.15) is 0 Å². The van der Waals surface area contributed by atoms with E-state index in [1.165, 1.54) is 11.1 Å². The minimum Gasteiger partial charge on any atom is -0.395 e. The summed E-state index contributed by atoms with van der Waals surface area (Å²) in [4.78, 5) is 2.39. The molecule has 2 aromatic rings. The van der Waals surface area contributed by atoms with Gasteiger partial charge in [0.1, 0.15) is 0 Å². The zero-order valence-electron chi connectivity index (χ0n) is 13.7. The molecule has 0 saturated carbocycles. The number of hydrogen-bond acceptors (Lipinski definition) is 2. The van der Waals surface area contributed by atoms with Crippen LogP contribution in [0.1, 0.15) is 31.4 Å². The van der Waals surface area contributed by atoms with Gasteiger partial charge in [-0.05, 0) is 23.5 Å². The first-order valence-corrected chi connectivity index (χ1v) is 8.11. The van der Waals surface area contributed by atoms with E-state index in [0.29, 0.717) is 5.92 Å². The summed E-state index contributed by atoms with van der Waals surface area (Å²) in [5, 5.41) is 9.86. The normalized spacial score (nSPS) is 12.8. The number of nitrogens with zero attached hydrogens (tertiary/aromatic N) is 1. The number of benzene rings is 2. The summed E-state index contributed by atoms with van der Waals surface area (Å²) in [5.74, 6) is 0.575. The van der Waals surface area contributed by atoms with E-state index >= 15 is 0 Å². The molecule has 118 valence electrons. The number of hydrogen-bond donors (Lipinski definition) is 1. The Morgan fingerprint density at radius 2 is 1.27 bits per heavy atom. The highest BCUT2D eigenvalue weighted by atomic mass is 16.3. The third kappa shape index (κ3) is 5.28. The van der Waals surface area contributed by atoms with Gasteiger partial charge in [0, 0.05) is 19.1 Å². The van der Waals surface area contributed by atoms with Crippen LogP contribution in [0.25, 0.3) is 0 Å². The predicted molar refractivity (Wildman–Crippen MR) is 92.5 cm³/mol. The average Bonchev–Trinajstić information content (AvgIpc) is 2.54. The summed E-state index contributed by atoms with van der Waals surface area (Å²) in [7, 11) is 0. The Kier molecular flexibility index (Phi) is 6.63. The van der Waals surface area contributed by atoms with E-state index in [-0.39, 0.29) is 12.6 Å². The highest BCUT2D eigenvalue weighted by Crippen LogP contribution is 2.18. The second-order valence-corrected chi connectivity index (χ2v) is 6.34. The third-order valence-electron chi connectivity index (χ3n) is 3.93. The van der Waals surface area contributed by atoms with E-state index in [9.17, 15) is 5.11 Å². The smallest absolute Gasteiger partial charge is 0.0587 e. The van der Waals surface area contributed by atoms with Gasteiger partial charge in [-0.15, -0.1) is 0 Å². The van der Waals surface area contributed by atoms with Gasteiger partial charge in [-0.1, -0.05) is 74.5 Å². The molecule has 0 amide bonds. The van der Waals surface area contributed by atoms with E-state index in [0.717, 1.165) is 19.5 Å². The lowest BCUT2D eigenvalue weighted by atomic mass is 10.0. The van der Waals surface area contributed by atoms with Gasteiger partial charge in [0.2, 0.25) is 0 Å². The molecule has 2 aromatic carbocycles. The van der Waals surface area contributed by atoms with Crippen LogP contribution in [0.5, 0.6) is 0 Å². The Bertz CT molecular complexity index is 482. The predicted octanol–water partition coefficient (Wildman–Crippen LogP) is 4.10. The van der Waals surface area contributed by atoms with E-state index < -0.39 is 0 Å². The van der Waals surface area contributed by atoms with Crippen LogP contribution in [0.3, 0.4) is 0 Å². The first-order chi connectivity index (χ1) is 10.7. The Morgan fingerprint density at radius 1 is 0.818 bits per heavy atom. The largest absolute Gasteiger partial charge is 0.395 e. The second kappa shape index (κ2) is 8.72. The zero-order chi connectivity index (χ0) is 15.8. The highest BCUT2D eigenvalue weighted by Gasteiger charge is 2.19. The van der Waals surface area contributed by atoms with Crippen molar-refractivity contribution in [1.29, 1.82) is 0 Å². The van der Waals surface area contributed by atoms with Crippen molar-refractivity contribution in [2.24, 2.45) is 5.92 Å². The van der Waals surface area contributed by atoms with Crippen LogP contribution in [0, 0.1) is 5.92 Å². The number of aliphatic hydroxyl groups is 1. The van der Waals surface area contributed by atoms with Crippen LogP contribution >= 0.6 is 0 Å². The van der Waals surface area contributed by atoms with Crippen molar-refractivity contribution in [3.63, 3.8) is 0 Å². The van der Waals surface area contributed by atoms with Gasteiger partial charge < -0.3 is 5.11 Å². The standard InChI is InChI=1S/C20H27NO/c1-17(2)13-20(16-22)21(14-18-9-5-3-6-10-18)15-19-11-7-4-8-12-19/h3-12,17,20,22H,13-16H2,1-2H3/t20-/m0/s1. The Hall–Kier alpha value is -1.64. The van der Waals surface area contributed by atoms with Crippen LogP contribution in [-0.4, -0.2) is 22.7 Å². The van der Waals surface area contributed by atoms with E-state index in [2.05, 4.69) is 67.3 Å². The molecule has 0 aromatic heterocycles. The van der Waals surface area contributed by atoms with Crippen molar-refractivity contribution in [2.75, 3.05) is 6.61 Å². The monoisotopic (exact) mass is 297 g/mol. The summed E-state index contributed by atoms with van der Waals surface area (Å²) in [6, 6.07) is 21.2. The summed E-state index contributed by atoms with van der Waals surface area (Å²) in [6.07, 6.45) is 1.01. The minimum absolute atomic E-state index is 0.195. The molecule has 2 nitrogen and oxygen atoms in total. The fourth-order valence-corrected chi connectivity index (χ4v) is 2.83. The Balaban J connectivity index is 2.15. The molecule has 0 unspecified atom stereocenters. The lowest BCUT2D eigenvalue weighted by molar-refractivity contribution is 0.0941. The van der Waals surface area contributed by atoms with Crippen LogP contribution < -0.4 is 0 Å².